The smallest absolute Gasteiger partial charge is 0.220 e. The Morgan fingerprint density at radius 3 is 2.24 bits per heavy atom. The van der Waals surface area contributed by atoms with Crippen LogP contribution in [0.1, 0.15) is 56.9 Å². The Morgan fingerprint density at radius 2 is 1.48 bits per heavy atom. The number of hydrogen-bond acceptors (Lipinski definition) is 5. The fourth-order valence-corrected chi connectivity index (χ4v) is 4.15. The third-order valence-corrected chi connectivity index (χ3v) is 6.18. The van der Waals surface area contributed by atoms with Crippen LogP contribution in [0, 0.1) is 6.92 Å². The first-order valence-corrected chi connectivity index (χ1v) is 11.9. The van der Waals surface area contributed by atoms with Gasteiger partial charge < -0.3 is 10.1 Å². The molecule has 0 radical (unpaired) electrons. The number of nitrogens with one attached hydrogen (secondary N) is 1. The fourth-order valence-electron chi connectivity index (χ4n) is 3.32. The van der Waals surface area contributed by atoms with Crippen LogP contribution < -0.4 is 5.32 Å². The molecule has 0 fully saturated rings. The first kappa shape index (κ1) is 24.6. The van der Waals surface area contributed by atoms with Gasteiger partial charge in [-0.3, -0.25) is 14.4 Å². The maximum Gasteiger partial charge on any atom is 0.220 e. The fraction of sp³-hybridized carbons (Fsp3) is 0.296. The molecule has 0 saturated carbocycles. The molecule has 0 unspecified atom stereocenters. The highest BCUT2D eigenvalue weighted by atomic mass is 32.1. The minimum atomic E-state index is -0.172. The van der Waals surface area contributed by atoms with Crippen molar-refractivity contribution in [2.24, 2.45) is 0 Å². The normalized spacial score (nSPS) is 10.7. The quantitative estimate of drug-likeness (QED) is 0.344. The van der Waals surface area contributed by atoms with Crippen molar-refractivity contribution >= 4 is 28.8 Å². The van der Waals surface area contributed by atoms with E-state index in [4.69, 9.17) is 4.74 Å². The molecule has 33 heavy (non-hydrogen) atoms. The first-order chi connectivity index (χ1) is 16.0. The zero-order valence-electron chi connectivity index (χ0n) is 18.8. The van der Waals surface area contributed by atoms with E-state index in [1.165, 1.54) is 11.3 Å². The lowest BCUT2D eigenvalue weighted by Gasteiger charge is -2.08. The summed E-state index contributed by atoms with van der Waals surface area (Å²) in [4.78, 5) is 38.1. The SMILES string of the molecule is Cc1ccc(C(=O)CCC(=O)CCC(=O)NCc2cccc(COCc3ccccc3)c2)s1. The van der Waals surface area contributed by atoms with Crippen LogP contribution >= 0.6 is 11.3 Å². The van der Waals surface area contributed by atoms with Gasteiger partial charge in [0.05, 0.1) is 18.1 Å². The van der Waals surface area contributed by atoms with Crippen LogP contribution in [0.15, 0.2) is 66.7 Å². The average Bonchev–Trinajstić information content (AvgIpc) is 3.27. The summed E-state index contributed by atoms with van der Waals surface area (Å²) in [6.45, 7) is 3.39. The summed E-state index contributed by atoms with van der Waals surface area (Å²) in [7, 11) is 0. The molecule has 1 aromatic heterocycles. The van der Waals surface area contributed by atoms with Crippen molar-refractivity contribution in [3.8, 4) is 0 Å². The first-order valence-electron chi connectivity index (χ1n) is 11.1. The summed E-state index contributed by atoms with van der Waals surface area (Å²) in [5, 5.41) is 2.86. The number of amides is 1. The second-order valence-electron chi connectivity index (χ2n) is 7.95. The Bertz CT molecular complexity index is 1070. The van der Waals surface area contributed by atoms with E-state index in [1.54, 1.807) is 6.07 Å². The summed E-state index contributed by atoms with van der Waals surface area (Å²) < 4.78 is 5.77. The number of thiophene rings is 1. The third-order valence-electron chi connectivity index (χ3n) is 5.14. The van der Waals surface area contributed by atoms with Gasteiger partial charge in [-0.15, -0.1) is 11.3 Å². The zero-order chi connectivity index (χ0) is 23.5. The van der Waals surface area contributed by atoms with Gasteiger partial charge in [0.1, 0.15) is 5.78 Å². The summed E-state index contributed by atoms with van der Waals surface area (Å²) in [5.74, 6) is -0.253. The van der Waals surface area contributed by atoms with E-state index < -0.39 is 0 Å². The number of ether oxygens (including phenoxy) is 1. The largest absolute Gasteiger partial charge is 0.372 e. The minimum Gasteiger partial charge on any atom is -0.372 e. The number of benzene rings is 2. The molecule has 172 valence electrons. The van der Waals surface area contributed by atoms with Crippen LogP contribution in [0.2, 0.25) is 0 Å². The molecule has 3 rings (SSSR count). The van der Waals surface area contributed by atoms with Crippen molar-refractivity contribution in [2.45, 2.75) is 52.4 Å². The molecule has 0 aliphatic carbocycles. The van der Waals surface area contributed by atoms with Gasteiger partial charge in [-0.05, 0) is 35.7 Å². The lowest BCUT2D eigenvalue weighted by atomic mass is 10.1. The van der Waals surface area contributed by atoms with Crippen molar-refractivity contribution < 1.29 is 19.1 Å². The summed E-state index contributed by atoms with van der Waals surface area (Å²) in [5.41, 5.74) is 3.15. The van der Waals surface area contributed by atoms with Crippen molar-refractivity contribution in [2.75, 3.05) is 0 Å². The van der Waals surface area contributed by atoms with Gasteiger partial charge in [0.25, 0.3) is 0 Å². The van der Waals surface area contributed by atoms with Crippen LogP contribution in [-0.4, -0.2) is 17.5 Å². The molecule has 0 bridgehead atoms. The van der Waals surface area contributed by atoms with Crippen molar-refractivity contribution in [1.29, 1.82) is 0 Å². The topological polar surface area (TPSA) is 72.5 Å². The second kappa shape index (κ2) is 12.8. The monoisotopic (exact) mass is 463 g/mol. The van der Waals surface area contributed by atoms with Crippen LogP contribution in [-0.2, 0) is 34.1 Å². The molecule has 3 aromatic rings. The molecule has 0 spiro atoms. The second-order valence-corrected chi connectivity index (χ2v) is 9.24. The van der Waals surface area contributed by atoms with Gasteiger partial charge in [0, 0.05) is 37.1 Å². The Hall–Kier alpha value is -3.09. The van der Waals surface area contributed by atoms with Gasteiger partial charge in [-0.2, -0.15) is 0 Å². The van der Waals surface area contributed by atoms with Crippen LogP contribution in [0.3, 0.4) is 0 Å². The molecule has 6 heteroatoms. The molecule has 0 atom stereocenters. The molecule has 0 aliphatic rings. The molecule has 0 saturated heterocycles. The molecule has 2 aromatic carbocycles. The molecule has 0 aliphatic heterocycles. The molecule has 5 nitrogen and oxygen atoms in total. The van der Waals surface area contributed by atoms with E-state index in [1.807, 2.05) is 67.6 Å². The minimum absolute atomic E-state index is 0.0152. The maximum absolute atomic E-state index is 12.1. The molecular weight excluding hydrogens is 434 g/mol. The Morgan fingerprint density at radius 1 is 0.788 bits per heavy atom. The number of carbonyl (C=O) groups is 3. The molecule has 1 N–H and O–H groups in total. The highest BCUT2D eigenvalue weighted by molar-refractivity contribution is 7.14. The van der Waals surface area contributed by atoms with Crippen molar-refractivity contribution in [3.05, 3.63) is 93.2 Å². The van der Waals surface area contributed by atoms with E-state index in [0.717, 1.165) is 21.6 Å². The van der Waals surface area contributed by atoms with E-state index in [-0.39, 0.29) is 43.2 Å². The Kier molecular flexibility index (Phi) is 9.54. The zero-order valence-corrected chi connectivity index (χ0v) is 19.7. The maximum atomic E-state index is 12.1. The van der Waals surface area contributed by atoms with E-state index in [0.29, 0.717) is 24.6 Å². The van der Waals surface area contributed by atoms with Crippen molar-refractivity contribution in [1.82, 2.24) is 5.32 Å². The predicted molar refractivity (Wildman–Crippen MR) is 130 cm³/mol. The van der Waals surface area contributed by atoms with Crippen LogP contribution in [0.25, 0.3) is 0 Å². The number of rotatable bonds is 13. The highest BCUT2D eigenvalue weighted by Gasteiger charge is 2.12. The number of carbonyl (C=O) groups excluding carboxylic acids is 3. The van der Waals surface area contributed by atoms with E-state index in [9.17, 15) is 14.4 Å². The molecule has 1 amide bonds. The summed E-state index contributed by atoms with van der Waals surface area (Å²) in [6, 6.07) is 21.6. The standard InChI is InChI=1S/C27H29NO4S/c1-20-10-14-26(33-20)25(30)13-11-24(29)12-15-27(31)28-17-22-8-5-9-23(16-22)19-32-18-21-6-3-2-4-7-21/h2-10,14,16H,11-13,15,17-19H2,1H3,(H,28,31). The summed E-state index contributed by atoms with van der Waals surface area (Å²) in [6.07, 6.45) is 0.647. The predicted octanol–water partition coefficient (Wildman–Crippen LogP) is 5.40. The number of aryl methyl sites for hydroxylation is 1. The van der Waals surface area contributed by atoms with Gasteiger partial charge in [0.15, 0.2) is 5.78 Å². The highest BCUT2D eigenvalue weighted by Crippen LogP contribution is 2.18. The van der Waals surface area contributed by atoms with Gasteiger partial charge in [0.2, 0.25) is 5.91 Å². The third kappa shape index (κ3) is 8.75. The Labute approximate surface area is 198 Å². The number of Topliss-reactive ketones (excluding diaryl/α,β-unsaturated/α-hetero) is 2. The van der Waals surface area contributed by atoms with E-state index >= 15 is 0 Å². The van der Waals surface area contributed by atoms with Crippen molar-refractivity contribution in [3.63, 3.8) is 0 Å². The average molecular weight is 464 g/mol. The van der Waals surface area contributed by atoms with Crippen LogP contribution in [0.4, 0.5) is 0 Å². The van der Waals surface area contributed by atoms with Gasteiger partial charge >= 0.3 is 0 Å². The summed E-state index contributed by atoms with van der Waals surface area (Å²) >= 11 is 1.44. The molecule has 1 heterocycles. The number of ketones is 2. The lowest BCUT2D eigenvalue weighted by molar-refractivity contribution is -0.125. The number of hydrogen-bond donors (Lipinski definition) is 1. The molecular formula is C27H29NO4S. The van der Waals surface area contributed by atoms with Gasteiger partial charge in [-0.1, -0.05) is 54.6 Å². The lowest BCUT2D eigenvalue weighted by Crippen LogP contribution is -2.23. The van der Waals surface area contributed by atoms with Crippen LogP contribution in [0.5, 0.6) is 0 Å². The van der Waals surface area contributed by atoms with E-state index in [2.05, 4.69) is 5.32 Å². The van der Waals surface area contributed by atoms with Gasteiger partial charge in [-0.25, -0.2) is 0 Å². The Balaban J connectivity index is 1.33.